The number of nitrogens with two attached hydrogens (primary N) is 1. The van der Waals surface area contributed by atoms with Crippen LogP contribution in [0.1, 0.15) is 10.5 Å². The molecule has 0 atom stereocenters. The number of nitrogens with zero attached hydrogens (tertiary/aromatic N) is 4. The lowest BCUT2D eigenvalue weighted by molar-refractivity contribution is 0.0996. The Labute approximate surface area is 178 Å². The van der Waals surface area contributed by atoms with Crippen molar-refractivity contribution in [1.29, 1.82) is 0 Å². The Morgan fingerprint density at radius 3 is 2.47 bits per heavy atom. The molecule has 3 aromatic rings. The number of hydrogen-bond donors (Lipinski definition) is 3. The maximum Gasteiger partial charge on any atom is 0.271 e. The van der Waals surface area contributed by atoms with Gasteiger partial charge >= 0.3 is 0 Å². The molecule has 2 aromatic heterocycles. The van der Waals surface area contributed by atoms with Crippen molar-refractivity contribution in [2.24, 2.45) is 5.73 Å². The molecule has 30 heavy (non-hydrogen) atoms. The van der Waals surface area contributed by atoms with Crippen LogP contribution in [0.2, 0.25) is 5.15 Å². The van der Waals surface area contributed by atoms with Crippen LogP contribution in [0.3, 0.4) is 0 Å². The van der Waals surface area contributed by atoms with E-state index < -0.39 is 5.91 Å². The molecule has 1 aliphatic heterocycles. The Hall–Kier alpha value is -3.43. The van der Waals surface area contributed by atoms with E-state index in [1.54, 1.807) is 18.3 Å². The van der Waals surface area contributed by atoms with Crippen LogP contribution in [-0.4, -0.2) is 47.2 Å². The fourth-order valence-corrected chi connectivity index (χ4v) is 3.20. The molecule has 0 radical (unpaired) electrons. The lowest BCUT2D eigenvalue weighted by Gasteiger charge is -2.28. The first-order chi connectivity index (χ1) is 14.6. The third-order valence-electron chi connectivity index (χ3n) is 4.50. The fourth-order valence-electron chi connectivity index (χ4n) is 3.03. The molecule has 4 N–H and O–H groups in total. The number of pyridine rings is 1. The molecule has 0 saturated carbocycles. The molecule has 1 aromatic carbocycles. The van der Waals surface area contributed by atoms with E-state index in [0.717, 1.165) is 24.5 Å². The van der Waals surface area contributed by atoms with Crippen LogP contribution in [0.5, 0.6) is 0 Å². The van der Waals surface area contributed by atoms with Gasteiger partial charge in [-0.1, -0.05) is 17.7 Å². The molecular weight excluding hydrogens is 406 g/mol. The summed E-state index contributed by atoms with van der Waals surface area (Å²) in [6.45, 7) is 3.14. The van der Waals surface area contributed by atoms with Crippen molar-refractivity contribution in [1.82, 2.24) is 15.0 Å². The second kappa shape index (κ2) is 8.93. The topological polar surface area (TPSA) is 118 Å². The van der Waals surface area contributed by atoms with Gasteiger partial charge in [0, 0.05) is 30.7 Å². The average molecular weight is 426 g/mol. The SMILES string of the molecule is NC(=O)c1nc(Cl)c(Nc2ccccn2)nc1Nc1ccc(N2CCOCC2)cc1. The van der Waals surface area contributed by atoms with E-state index in [-0.39, 0.29) is 22.5 Å². The molecule has 0 spiro atoms. The monoisotopic (exact) mass is 425 g/mol. The Kier molecular flexibility index (Phi) is 5.92. The summed E-state index contributed by atoms with van der Waals surface area (Å²) >= 11 is 6.19. The van der Waals surface area contributed by atoms with Gasteiger partial charge in [0.2, 0.25) is 0 Å². The summed E-state index contributed by atoms with van der Waals surface area (Å²) in [5.41, 5.74) is 7.25. The number of rotatable bonds is 6. The Balaban J connectivity index is 1.58. The molecule has 4 rings (SSSR count). The van der Waals surface area contributed by atoms with Gasteiger partial charge < -0.3 is 26.0 Å². The molecule has 1 saturated heterocycles. The van der Waals surface area contributed by atoms with Crippen LogP contribution in [0, 0.1) is 0 Å². The highest BCUT2D eigenvalue weighted by atomic mass is 35.5. The first-order valence-electron chi connectivity index (χ1n) is 9.35. The van der Waals surface area contributed by atoms with Crippen molar-refractivity contribution < 1.29 is 9.53 Å². The van der Waals surface area contributed by atoms with E-state index in [0.29, 0.717) is 19.0 Å². The summed E-state index contributed by atoms with van der Waals surface area (Å²) in [7, 11) is 0. The van der Waals surface area contributed by atoms with E-state index in [1.807, 2.05) is 30.3 Å². The maximum absolute atomic E-state index is 11.9. The molecule has 3 heterocycles. The van der Waals surface area contributed by atoms with Gasteiger partial charge in [0.25, 0.3) is 5.91 Å². The normalized spacial score (nSPS) is 13.7. The quantitative estimate of drug-likeness (QED) is 0.551. The highest BCUT2D eigenvalue weighted by molar-refractivity contribution is 6.32. The van der Waals surface area contributed by atoms with Gasteiger partial charge in [0.15, 0.2) is 22.5 Å². The maximum atomic E-state index is 11.9. The standard InChI is InChI=1S/C20H20ClN7O2/c21-17-20(25-15-3-1-2-8-23-15)27-19(16(26-17)18(22)29)24-13-4-6-14(7-5-13)28-9-11-30-12-10-28/h1-8H,9-12H2,(H2,22,29)(H2,23,24,25,27). The van der Waals surface area contributed by atoms with E-state index in [4.69, 9.17) is 22.1 Å². The third-order valence-corrected chi connectivity index (χ3v) is 4.77. The minimum Gasteiger partial charge on any atom is -0.378 e. The molecule has 1 amide bonds. The van der Waals surface area contributed by atoms with Gasteiger partial charge in [-0.2, -0.15) is 0 Å². The summed E-state index contributed by atoms with van der Waals surface area (Å²) in [6.07, 6.45) is 1.64. The zero-order valence-corrected chi connectivity index (χ0v) is 16.8. The van der Waals surface area contributed by atoms with Crippen LogP contribution < -0.4 is 21.3 Å². The van der Waals surface area contributed by atoms with Crippen molar-refractivity contribution >= 4 is 46.3 Å². The van der Waals surface area contributed by atoms with Gasteiger partial charge in [0.1, 0.15) is 5.82 Å². The van der Waals surface area contributed by atoms with Crippen LogP contribution in [0.4, 0.5) is 28.8 Å². The summed E-state index contributed by atoms with van der Waals surface area (Å²) in [6, 6.07) is 13.2. The van der Waals surface area contributed by atoms with Crippen LogP contribution in [0.25, 0.3) is 0 Å². The number of morpholine rings is 1. The zero-order valence-electron chi connectivity index (χ0n) is 16.0. The molecule has 0 bridgehead atoms. The number of amides is 1. The minimum absolute atomic E-state index is 0.0164. The second-order valence-electron chi connectivity index (χ2n) is 6.54. The van der Waals surface area contributed by atoms with E-state index in [1.165, 1.54) is 0 Å². The number of halogens is 1. The molecule has 1 fully saturated rings. The van der Waals surface area contributed by atoms with Gasteiger partial charge in [0.05, 0.1) is 13.2 Å². The number of carbonyl (C=O) groups excluding carboxylic acids is 1. The number of carbonyl (C=O) groups is 1. The average Bonchev–Trinajstić information content (AvgIpc) is 2.77. The van der Waals surface area contributed by atoms with E-state index in [9.17, 15) is 4.79 Å². The van der Waals surface area contributed by atoms with Crippen molar-refractivity contribution in [2.75, 3.05) is 41.8 Å². The molecule has 9 nitrogen and oxygen atoms in total. The second-order valence-corrected chi connectivity index (χ2v) is 6.89. The summed E-state index contributed by atoms with van der Waals surface area (Å²) in [5.74, 6) is 0.264. The fraction of sp³-hybridized carbons (Fsp3) is 0.200. The van der Waals surface area contributed by atoms with Gasteiger partial charge in [-0.3, -0.25) is 4.79 Å². The number of aromatic nitrogens is 3. The third kappa shape index (κ3) is 4.58. The van der Waals surface area contributed by atoms with Gasteiger partial charge in [-0.25, -0.2) is 15.0 Å². The van der Waals surface area contributed by atoms with Crippen molar-refractivity contribution in [3.05, 3.63) is 59.5 Å². The van der Waals surface area contributed by atoms with E-state index >= 15 is 0 Å². The molecule has 0 unspecified atom stereocenters. The van der Waals surface area contributed by atoms with Crippen molar-refractivity contribution in [2.45, 2.75) is 0 Å². The smallest absolute Gasteiger partial charge is 0.271 e. The number of benzene rings is 1. The first kappa shape index (κ1) is 19.9. The predicted octanol–water partition coefficient (Wildman–Crippen LogP) is 2.95. The highest BCUT2D eigenvalue weighted by Gasteiger charge is 2.18. The largest absolute Gasteiger partial charge is 0.378 e. The highest BCUT2D eigenvalue weighted by Crippen LogP contribution is 2.27. The molecule has 10 heteroatoms. The van der Waals surface area contributed by atoms with Crippen LogP contribution in [0.15, 0.2) is 48.7 Å². The first-order valence-corrected chi connectivity index (χ1v) is 9.73. The predicted molar refractivity (Wildman–Crippen MR) is 116 cm³/mol. The Morgan fingerprint density at radius 2 is 1.80 bits per heavy atom. The summed E-state index contributed by atoms with van der Waals surface area (Å²) in [5, 5.41) is 6.11. The van der Waals surface area contributed by atoms with Crippen LogP contribution in [-0.2, 0) is 4.74 Å². The van der Waals surface area contributed by atoms with Gasteiger partial charge in [-0.15, -0.1) is 0 Å². The number of ether oxygens (including phenoxy) is 1. The van der Waals surface area contributed by atoms with Gasteiger partial charge in [-0.05, 0) is 36.4 Å². The Bertz CT molecular complexity index is 1030. The molecular formula is C20H20ClN7O2. The van der Waals surface area contributed by atoms with Crippen molar-refractivity contribution in [3.63, 3.8) is 0 Å². The Morgan fingerprint density at radius 1 is 1.03 bits per heavy atom. The number of anilines is 5. The van der Waals surface area contributed by atoms with Crippen molar-refractivity contribution in [3.8, 4) is 0 Å². The zero-order chi connectivity index (χ0) is 20.9. The summed E-state index contributed by atoms with van der Waals surface area (Å²) < 4.78 is 5.39. The number of nitrogens with one attached hydrogen (secondary N) is 2. The molecule has 154 valence electrons. The minimum atomic E-state index is -0.735. The number of primary amides is 1. The van der Waals surface area contributed by atoms with Crippen LogP contribution >= 0.6 is 11.6 Å². The lowest BCUT2D eigenvalue weighted by Crippen LogP contribution is -2.36. The molecule has 0 aliphatic carbocycles. The van der Waals surface area contributed by atoms with E-state index in [2.05, 4.69) is 30.5 Å². The summed E-state index contributed by atoms with van der Waals surface area (Å²) in [4.78, 5) is 26.8. The number of hydrogen-bond acceptors (Lipinski definition) is 8. The lowest BCUT2D eigenvalue weighted by atomic mass is 10.2. The molecule has 1 aliphatic rings.